The van der Waals surface area contributed by atoms with E-state index in [0.717, 1.165) is 45.5 Å². The summed E-state index contributed by atoms with van der Waals surface area (Å²) in [4.78, 5) is 2.31. The van der Waals surface area contributed by atoms with Gasteiger partial charge >= 0.3 is 0 Å². The molecule has 11 heavy (non-hydrogen) atoms. The Kier molecular flexibility index (Phi) is 4.01. The molecule has 0 atom stereocenters. The van der Waals surface area contributed by atoms with Crippen LogP contribution in [0.4, 0.5) is 0 Å². The lowest BCUT2D eigenvalue weighted by Crippen LogP contribution is -2.36. The number of nitrogens with zero attached hydrogens (tertiary/aromatic N) is 1. The van der Waals surface area contributed by atoms with Crippen LogP contribution in [0.1, 0.15) is 6.42 Å². The third-order valence-corrected chi connectivity index (χ3v) is 1.81. The Morgan fingerprint density at radius 1 is 1.36 bits per heavy atom. The Morgan fingerprint density at radius 2 is 2.09 bits per heavy atom. The summed E-state index contributed by atoms with van der Waals surface area (Å²) in [7, 11) is 0. The van der Waals surface area contributed by atoms with Gasteiger partial charge in [-0.2, -0.15) is 0 Å². The quantitative estimate of drug-likeness (QED) is 0.562. The molecule has 1 saturated heterocycles. The van der Waals surface area contributed by atoms with Crippen LogP contribution in [0.3, 0.4) is 0 Å². The second kappa shape index (κ2) is 5.16. The minimum absolute atomic E-state index is 0.834. The van der Waals surface area contributed by atoms with Crippen LogP contribution in [-0.4, -0.2) is 37.7 Å². The molecule has 0 spiro atoms. The number of ether oxygens (including phenoxy) is 1. The molecule has 1 heterocycles. The fourth-order valence-corrected chi connectivity index (χ4v) is 1.15. The van der Waals surface area contributed by atoms with Gasteiger partial charge in [0, 0.05) is 19.6 Å². The number of hydrogen-bond acceptors (Lipinski definition) is 2. The Morgan fingerprint density at radius 3 is 2.73 bits per heavy atom. The van der Waals surface area contributed by atoms with E-state index < -0.39 is 0 Å². The highest BCUT2D eigenvalue weighted by molar-refractivity contribution is 4.74. The van der Waals surface area contributed by atoms with E-state index in [0.29, 0.717) is 0 Å². The molecule has 1 aliphatic heterocycles. The summed E-state index contributed by atoms with van der Waals surface area (Å²) in [6.45, 7) is 4.67. The highest BCUT2D eigenvalue weighted by Gasteiger charge is 2.07. The predicted molar refractivity (Wildman–Crippen MR) is 41.7 cm³/mol. The minimum Gasteiger partial charge on any atom is -0.379 e. The molecule has 0 aliphatic carbocycles. The zero-order chi connectivity index (χ0) is 7.94. The van der Waals surface area contributed by atoms with Crippen LogP contribution < -0.4 is 0 Å². The average molecular weight is 156 g/mol. The first-order chi connectivity index (χ1) is 5.43. The first kappa shape index (κ1) is 8.56. The Hall–Kier alpha value is -0.540. The molecule has 1 aliphatic rings. The molecule has 0 saturated carbocycles. The van der Waals surface area contributed by atoms with E-state index in [1.54, 1.807) is 6.08 Å². The van der Waals surface area contributed by atoms with Gasteiger partial charge in [-0.3, -0.25) is 10.0 Å². The molecule has 3 heteroatoms. The fourth-order valence-electron chi connectivity index (χ4n) is 1.15. The third kappa shape index (κ3) is 3.39. The van der Waals surface area contributed by atoms with E-state index in [1.165, 1.54) is 0 Å². The van der Waals surface area contributed by atoms with Crippen molar-refractivity contribution in [3.8, 4) is 0 Å². The monoisotopic (exact) mass is 156 g/mol. The summed E-state index contributed by atoms with van der Waals surface area (Å²) in [6.07, 6.45) is 3.39. The van der Waals surface area contributed by atoms with Crippen LogP contribution in [-0.2, 0) is 9.84 Å². The van der Waals surface area contributed by atoms with E-state index >= 15 is 0 Å². The van der Waals surface area contributed by atoms with Gasteiger partial charge in [0.2, 0.25) is 0 Å². The fraction of sp³-hybridized carbons (Fsp3) is 0.750. The summed E-state index contributed by atoms with van der Waals surface area (Å²) < 4.78 is 5.18. The number of morpholine rings is 1. The van der Waals surface area contributed by atoms with E-state index in [-0.39, 0.29) is 0 Å². The van der Waals surface area contributed by atoms with Crippen molar-refractivity contribution in [3.05, 3.63) is 12.3 Å². The third-order valence-electron chi connectivity index (χ3n) is 1.81. The smallest absolute Gasteiger partial charge is 0.138 e. The Balaban J connectivity index is 2.04. The molecule has 0 amide bonds. The molecule has 1 radical (unpaired) electrons. The Labute approximate surface area is 67.3 Å². The van der Waals surface area contributed by atoms with Gasteiger partial charge in [0.15, 0.2) is 0 Å². The summed E-state index contributed by atoms with van der Waals surface area (Å²) in [5.41, 5.74) is 0. The van der Waals surface area contributed by atoms with Crippen molar-refractivity contribution in [1.82, 2.24) is 4.90 Å². The average Bonchev–Trinajstić information content (AvgIpc) is 2.07. The molecule has 3 nitrogen and oxygen atoms in total. The van der Waals surface area contributed by atoms with Crippen molar-refractivity contribution in [2.75, 3.05) is 32.8 Å². The first-order valence-corrected chi connectivity index (χ1v) is 4.00. The molecule has 1 rings (SSSR count). The second-order valence-corrected chi connectivity index (χ2v) is 2.61. The van der Waals surface area contributed by atoms with E-state index in [9.17, 15) is 5.11 Å². The molecule has 0 aromatic carbocycles. The second-order valence-electron chi connectivity index (χ2n) is 2.61. The van der Waals surface area contributed by atoms with Crippen molar-refractivity contribution in [3.63, 3.8) is 0 Å². The first-order valence-electron chi connectivity index (χ1n) is 4.00. The summed E-state index contributed by atoms with van der Waals surface area (Å²) in [5.74, 6) is 0. The van der Waals surface area contributed by atoms with Crippen molar-refractivity contribution in [2.45, 2.75) is 6.42 Å². The topological polar surface area (TPSA) is 32.4 Å². The van der Waals surface area contributed by atoms with Crippen LogP contribution in [0.5, 0.6) is 0 Å². The number of rotatable bonds is 3. The SMILES string of the molecule is [O]C=CCCN1CCOCC1. The van der Waals surface area contributed by atoms with Gasteiger partial charge in [-0.05, 0) is 12.5 Å². The molecule has 0 aromatic rings. The van der Waals surface area contributed by atoms with E-state index in [4.69, 9.17) is 4.74 Å². The van der Waals surface area contributed by atoms with Gasteiger partial charge in [-0.15, -0.1) is 0 Å². The lowest BCUT2D eigenvalue weighted by Gasteiger charge is -2.25. The van der Waals surface area contributed by atoms with Crippen LogP contribution in [0, 0.1) is 0 Å². The standard InChI is InChI=1S/C8H14NO2/c10-6-2-1-3-9-4-7-11-8-5-9/h2,6H,1,3-5,7-8H2. The molecule has 0 bridgehead atoms. The summed E-state index contributed by atoms with van der Waals surface area (Å²) in [6, 6.07) is 0. The maximum Gasteiger partial charge on any atom is 0.138 e. The highest BCUT2D eigenvalue weighted by Crippen LogP contribution is 1.97. The van der Waals surface area contributed by atoms with Crippen LogP contribution in [0.15, 0.2) is 12.3 Å². The van der Waals surface area contributed by atoms with Gasteiger partial charge in [-0.1, -0.05) is 0 Å². The van der Waals surface area contributed by atoms with Crippen molar-refractivity contribution >= 4 is 0 Å². The van der Waals surface area contributed by atoms with E-state index in [1.807, 2.05) is 0 Å². The Bertz CT molecular complexity index is 119. The van der Waals surface area contributed by atoms with Gasteiger partial charge in [-0.25, -0.2) is 0 Å². The maximum atomic E-state index is 9.95. The van der Waals surface area contributed by atoms with Crippen LogP contribution >= 0.6 is 0 Å². The summed E-state index contributed by atoms with van der Waals surface area (Å²) in [5, 5.41) is 9.95. The van der Waals surface area contributed by atoms with E-state index in [2.05, 4.69) is 4.90 Å². The highest BCUT2D eigenvalue weighted by atomic mass is 16.5. The van der Waals surface area contributed by atoms with Gasteiger partial charge < -0.3 is 4.74 Å². The number of hydrogen-bond donors (Lipinski definition) is 0. The minimum atomic E-state index is 0.834. The zero-order valence-corrected chi connectivity index (χ0v) is 6.66. The predicted octanol–water partition coefficient (Wildman–Crippen LogP) is 0.653. The van der Waals surface area contributed by atoms with Crippen molar-refractivity contribution in [2.24, 2.45) is 0 Å². The molecule has 0 aromatic heterocycles. The van der Waals surface area contributed by atoms with Crippen molar-refractivity contribution < 1.29 is 9.84 Å². The lowest BCUT2D eigenvalue weighted by molar-refractivity contribution is 0.0387. The molecular weight excluding hydrogens is 142 g/mol. The van der Waals surface area contributed by atoms with Gasteiger partial charge in [0.25, 0.3) is 0 Å². The van der Waals surface area contributed by atoms with Gasteiger partial charge in [0.05, 0.1) is 13.2 Å². The van der Waals surface area contributed by atoms with Crippen LogP contribution in [0.2, 0.25) is 0 Å². The summed E-state index contributed by atoms with van der Waals surface area (Å²) >= 11 is 0. The molecule has 1 fully saturated rings. The van der Waals surface area contributed by atoms with Crippen LogP contribution in [0.25, 0.3) is 0 Å². The van der Waals surface area contributed by atoms with Crippen molar-refractivity contribution in [1.29, 1.82) is 0 Å². The molecule has 63 valence electrons. The zero-order valence-electron chi connectivity index (χ0n) is 6.66. The molecule has 0 N–H and O–H groups in total. The molecule has 0 unspecified atom stereocenters. The lowest BCUT2D eigenvalue weighted by atomic mass is 10.3. The normalized spacial score (nSPS) is 21.1. The maximum absolute atomic E-state index is 9.95. The molecular formula is C8H14NO2. The largest absolute Gasteiger partial charge is 0.379 e. The van der Waals surface area contributed by atoms with Gasteiger partial charge in [0.1, 0.15) is 6.26 Å².